The molecule has 0 fully saturated rings. The Bertz CT molecular complexity index is 659. The molecule has 0 amide bonds. The summed E-state index contributed by atoms with van der Waals surface area (Å²) in [6.07, 6.45) is 5.78. The van der Waals surface area contributed by atoms with Gasteiger partial charge >= 0.3 is 0 Å². The van der Waals surface area contributed by atoms with Crippen LogP contribution in [0.3, 0.4) is 0 Å². The maximum absolute atomic E-state index is 11.8. The van der Waals surface area contributed by atoms with Crippen LogP contribution in [0.2, 0.25) is 0 Å². The van der Waals surface area contributed by atoms with Crippen molar-refractivity contribution in [1.29, 1.82) is 0 Å². The topological polar surface area (TPSA) is 78.0 Å². The minimum atomic E-state index is -0.478. The van der Waals surface area contributed by atoms with E-state index in [4.69, 9.17) is 0 Å². The summed E-state index contributed by atoms with van der Waals surface area (Å²) >= 11 is 0. The third-order valence-electron chi connectivity index (χ3n) is 2.54. The molecule has 1 heterocycles. The zero-order chi connectivity index (χ0) is 13.8. The predicted octanol–water partition coefficient (Wildman–Crippen LogP) is 2.22. The highest BCUT2D eigenvalue weighted by atomic mass is 16.6. The Morgan fingerprint density at radius 1 is 1.42 bits per heavy atom. The number of rotatable bonds is 4. The molecule has 0 atom stereocenters. The summed E-state index contributed by atoms with van der Waals surface area (Å²) in [5.74, 6) is -0.244. The van der Waals surface area contributed by atoms with E-state index in [0.29, 0.717) is 11.1 Å². The van der Waals surface area contributed by atoms with Gasteiger partial charge in [0.25, 0.3) is 5.69 Å². The van der Waals surface area contributed by atoms with Crippen LogP contribution in [0.15, 0.2) is 42.7 Å². The smallest absolute Gasteiger partial charge is 0.276 e. The van der Waals surface area contributed by atoms with Crippen LogP contribution < -0.4 is 0 Å². The van der Waals surface area contributed by atoms with Gasteiger partial charge in [-0.2, -0.15) is 5.10 Å². The van der Waals surface area contributed by atoms with Crippen molar-refractivity contribution in [2.24, 2.45) is 7.05 Å². The summed E-state index contributed by atoms with van der Waals surface area (Å²) in [6.45, 7) is 0. The second kappa shape index (κ2) is 5.26. The van der Waals surface area contributed by atoms with Crippen LogP contribution in [0.25, 0.3) is 6.08 Å². The van der Waals surface area contributed by atoms with Crippen molar-refractivity contribution < 1.29 is 9.72 Å². The molecule has 0 radical (unpaired) electrons. The standard InChI is InChI=1S/C13H11N3O3/c1-15-9-11(8-14-15)13(17)7-6-10-4-2-3-5-12(10)16(18)19/h2-9H,1H3/b7-6+. The molecule has 96 valence electrons. The van der Waals surface area contributed by atoms with Gasteiger partial charge in [-0.3, -0.25) is 19.6 Å². The molecule has 0 aliphatic rings. The Hall–Kier alpha value is -2.76. The fourth-order valence-electron chi connectivity index (χ4n) is 1.60. The van der Waals surface area contributed by atoms with Gasteiger partial charge < -0.3 is 0 Å². The van der Waals surface area contributed by atoms with Gasteiger partial charge in [-0.25, -0.2) is 0 Å². The highest BCUT2D eigenvalue weighted by molar-refractivity contribution is 6.06. The van der Waals surface area contributed by atoms with Crippen molar-refractivity contribution in [3.63, 3.8) is 0 Å². The highest BCUT2D eigenvalue weighted by Gasteiger charge is 2.10. The van der Waals surface area contributed by atoms with E-state index in [2.05, 4.69) is 5.10 Å². The van der Waals surface area contributed by atoms with E-state index in [1.54, 1.807) is 31.4 Å². The zero-order valence-electron chi connectivity index (χ0n) is 10.2. The molecule has 0 unspecified atom stereocenters. The molecular weight excluding hydrogens is 246 g/mol. The molecule has 0 aliphatic heterocycles. The number of aromatic nitrogens is 2. The summed E-state index contributed by atoms with van der Waals surface area (Å²) in [5, 5.41) is 14.7. The van der Waals surface area contributed by atoms with Crippen LogP contribution >= 0.6 is 0 Å². The lowest BCUT2D eigenvalue weighted by atomic mass is 10.1. The van der Waals surface area contributed by atoms with Gasteiger partial charge in [0.05, 0.1) is 22.2 Å². The number of para-hydroxylation sites is 1. The second-order valence-electron chi connectivity index (χ2n) is 3.92. The molecule has 1 aromatic carbocycles. The molecule has 19 heavy (non-hydrogen) atoms. The maximum atomic E-state index is 11.8. The van der Waals surface area contributed by atoms with Gasteiger partial charge in [-0.1, -0.05) is 12.1 Å². The fourth-order valence-corrected chi connectivity index (χ4v) is 1.60. The third-order valence-corrected chi connectivity index (χ3v) is 2.54. The minimum Gasteiger partial charge on any atom is -0.289 e. The van der Waals surface area contributed by atoms with Gasteiger partial charge in [0.1, 0.15) is 0 Å². The number of carbonyl (C=O) groups is 1. The van der Waals surface area contributed by atoms with Crippen molar-refractivity contribution in [2.45, 2.75) is 0 Å². The second-order valence-corrected chi connectivity index (χ2v) is 3.92. The van der Waals surface area contributed by atoms with Crippen molar-refractivity contribution in [3.8, 4) is 0 Å². The normalized spacial score (nSPS) is 10.8. The number of nitrogens with zero attached hydrogens (tertiary/aromatic N) is 3. The lowest BCUT2D eigenvalue weighted by Crippen LogP contribution is -1.94. The predicted molar refractivity (Wildman–Crippen MR) is 69.7 cm³/mol. The number of hydrogen-bond acceptors (Lipinski definition) is 4. The lowest BCUT2D eigenvalue weighted by Gasteiger charge is -1.95. The third kappa shape index (κ3) is 2.92. The average Bonchev–Trinajstić information content (AvgIpc) is 2.83. The number of nitro groups is 1. The number of hydrogen-bond donors (Lipinski definition) is 0. The van der Waals surface area contributed by atoms with Crippen molar-refractivity contribution >= 4 is 17.5 Å². The number of allylic oxidation sites excluding steroid dienone is 1. The Labute approximate surface area is 109 Å². The summed E-state index contributed by atoms with van der Waals surface area (Å²) < 4.78 is 1.52. The first kappa shape index (κ1) is 12.7. The van der Waals surface area contributed by atoms with Gasteiger partial charge in [0.15, 0.2) is 5.78 Å². The van der Waals surface area contributed by atoms with Crippen LogP contribution in [-0.2, 0) is 7.05 Å². The number of nitro benzene ring substituents is 1. The number of aryl methyl sites for hydroxylation is 1. The molecule has 0 spiro atoms. The fraction of sp³-hybridized carbons (Fsp3) is 0.0769. The van der Waals surface area contributed by atoms with E-state index in [0.717, 1.165) is 0 Å². The Balaban J connectivity index is 2.24. The first-order valence-corrected chi connectivity index (χ1v) is 5.52. The summed E-state index contributed by atoms with van der Waals surface area (Å²) in [4.78, 5) is 22.1. The van der Waals surface area contributed by atoms with Crippen molar-refractivity contribution in [2.75, 3.05) is 0 Å². The molecule has 1 aromatic heterocycles. The monoisotopic (exact) mass is 257 g/mol. The molecule has 0 saturated heterocycles. The van der Waals surface area contributed by atoms with Crippen LogP contribution in [0, 0.1) is 10.1 Å². The number of carbonyl (C=O) groups excluding carboxylic acids is 1. The quantitative estimate of drug-likeness (QED) is 0.364. The van der Waals surface area contributed by atoms with E-state index < -0.39 is 4.92 Å². The maximum Gasteiger partial charge on any atom is 0.276 e. The minimum absolute atomic E-state index is 0.0299. The van der Waals surface area contributed by atoms with E-state index >= 15 is 0 Å². The molecular formula is C13H11N3O3. The van der Waals surface area contributed by atoms with Crippen LogP contribution in [-0.4, -0.2) is 20.5 Å². The molecule has 2 rings (SSSR count). The molecule has 0 bridgehead atoms. The van der Waals surface area contributed by atoms with Crippen LogP contribution in [0.4, 0.5) is 5.69 Å². The van der Waals surface area contributed by atoms with E-state index in [1.165, 1.54) is 29.1 Å². The van der Waals surface area contributed by atoms with E-state index in [9.17, 15) is 14.9 Å². The SMILES string of the molecule is Cn1cc(C(=O)/C=C/c2ccccc2[N+](=O)[O-])cn1. The van der Waals surface area contributed by atoms with Crippen LogP contribution in [0.1, 0.15) is 15.9 Å². The average molecular weight is 257 g/mol. The van der Waals surface area contributed by atoms with Crippen LogP contribution in [0.5, 0.6) is 0 Å². The summed E-state index contributed by atoms with van der Waals surface area (Å²) in [7, 11) is 1.71. The van der Waals surface area contributed by atoms with E-state index in [1.807, 2.05) is 0 Å². The molecule has 2 aromatic rings. The molecule has 6 heteroatoms. The lowest BCUT2D eigenvalue weighted by molar-refractivity contribution is -0.385. The van der Waals surface area contributed by atoms with Crippen molar-refractivity contribution in [1.82, 2.24) is 9.78 Å². The largest absolute Gasteiger partial charge is 0.289 e. The number of benzene rings is 1. The zero-order valence-corrected chi connectivity index (χ0v) is 10.2. The molecule has 0 aliphatic carbocycles. The van der Waals surface area contributed by atoms with Gasteiger partial charge in [0, 0.05) is 19.3 Å². The first-order chi connectivity index (χ1) is 9.08. The summed E-state index contributed by atoms with van der Waals surface area (Å²) in [6, 6.07) is 6.25. The highest BCUT2D eigenvalue weighted by Crippen LogP contribution is 2.19. The van der Waals surface area contributed by atoms with Gasteiger partial charge in [-0.05, 0) is 18.2 Å². The molecule has 0 N–H and O–H groups in total. The number of ketones is 1. The summed E-state index contributed by atoms with van der Waals surface area (Å²) in [5.41, 5.74) is 0.805. The Morgan fingerprint density at radius 2 is 2.16 bits per heavy atom. The van der Waals surface area contributed by atoms with E-state index in [-0.39, 0.29) is 11.5 Å². The van der Waals surface area contributed by atoms with Gasteiger partial charge in [0.2, 0.25) is 0 Å². The molecule has 6 nitrogen and oxygen atoms in total. The van der Waals surface area contributed by atoms with Crippen molar-refractivity contribution in [3.05, 3.63) is 64.0 Å². The Kier molecular flexibility index (Phi) is 3.51. The Morgan fingerprint density at radius 3 is 2.79 bits per heavy atom. The van der Waals surface area contributed by atoms with Gasteiger partial charge in [-0.15, -0.1) is 0 Å². The first-order valence-electron chi connectivity index (χ1n) is 5.52. The molecule has 0 saturated carbocycles.